The largest absolute Gasteiger partial charge is 0.457 e. The topological polar surface area (TPSA) is 9.23 Å². The molecule has 156 valence electrons. The van der Waals surface area contributed by atoms with Crippen LogP contribution in [0.2, 0.25) is 5.02 Å². The van der Waals surface area contributed by atoms with Crippen molar-refractivity contribution in [1.82, 2.24) is 0 Å². The number of hydrogen-bond acceptors (Lipinski definition) is 1. The molecule has 2 aliphatic rings. The second-order valence-corrected chi connectivity index (χ2v) is 9.04. The van der Waals surface area contributed by atoms with Crippen LogP contribution in [0.1, 0.15) is 22.3 Å². The van der Waals surface area contributed by atoms with Gasteiger partial charge < -0.3 is 4.74 Å². The highest BCUT2D eigenvalue weighted by atomic mass is 35.5. The van der Waals surface area contributed by atoms with Gasteiger partial charge in [0.25, 0.3) is 0 Å². The van der Waals surface area contributed by atoms with E-state index in [0.29, 0.717) is 0 Å². The summed E-state index contributed by atoms with van der Waals surface area (Å²) in [6.07, 6.45) is 0. The van der Waals surface area contributed by atoms with Crippen LogP contribution in [-0.2, 0) is 5.41 Å². The van der Waals surface area contributed by atoms with Crippen molar-refractivity contribution >= 4 is 11.6 Å². The second kappa shape index (κ2) is 6.84. The molecule has 1 heterocycles. The van der Waals surface area contributed by atoms with Gasteiger partial charge in [-0.1, -0.05) is 109 Å². The third-order valence-corrected chi connectivity index (χ3v) is 7.33. The molecule has 0 radical (unpaired) electrons. The van der Waals surface area contributed by atoms with Crippen LogP contribution >= 0.6 is 11.6 Å². The van der Waals surface area contributed by atoms with E-state index in [1.54, 1.807) is 0 Å². The normalized spacial score (nSPS) is 14.1. The highest BCUT2D eigenvalue weighted by Gasteiger charge is 2.51. The third kappa shape index (κ3) is 2.43. The van der Waals surface area contributed by atoms with Crippen LogP contribution in [0.3, 0.4) is 0 Å². The Labute approximate surface area is 197 Å². The van der Waals surface area contributed by atoms with Crippen molar-refractivity contribution in [2.45, 2.75) is 5.41 Å². The lowest BCUT2D eigenvalue weighted by Gasteiger charge is -2.39. The van der Waals surface area contributed by atoms with E-state index in [1.165, 1.54) is 22.3 Å². The number of fused-ring (bicyclic) bond motifs is 9. The Hall–Kier alpha value is -3.81. The van der Waals surface area contributed by atoms with E-state index in [2.05, 4.69) is 91.0 Å². The van der Waals surface area contributed by atoms with Crippen LogP contribution in [0.4, 0.5) is 0 Å². The summed E-state index contributed by atoms with van der Waals surface area (Å²) in [5.41, 5.74) is 8.88. The number of para-hydroxylation sites is 1. The Morgan fingerprint density at radius 1 is 0.485 bits per heavy atom. The first-order valence-corrected chi connectivity index (χ1v) is 11.5. The molecule has 1 aliphatic carbocycles. The van der Waals surface area contributed by atoms with Gasteiger partial charge in [-0.3, -0.25) is 0 Å². The van der Waals surface area contributed by atoms with Crippen molar-refractivity contribution < 1.29 is 4.74 Å². The lowest BCUT2D eigenvalue weighted by molar-refractivity contribution is 0.436. The minimum Gasteiger partial charge on any atom is -0.457 e. The molecule has 5 aromatic carbocycles. The Morgan fingerprint density at radius 2 is 1.06 bits per heavy atom. The zero-order chi connectivity index (χ0) is 22.0. The number of halogens is 1. The molecule has 1 nitrogen and oxygen atoms in total. The average molecular weight is 443 g/mol. The van der Waals surface area contributed by atoms with Gasteiger partial charge in [-0.2, -0.15) is 0 Å². The van der Waals surface area contributed by atoms with Gasteiger partial charge in [-0.15, -0.1) is 0 Å². The smallest absolute Gasteiger partial charge is 0.132 e. The SMILES string of the molecule is Clc1cc2c(cc1-c1ccccc1)Oc1ccccc1C21c2ccccc2-c2ccccc21. The van der Waals surface area contributed by atoms with E-state index >= 15 is 0 Å². The van der Waals surface area contributed by atoms with E-state index in [9.17, 15) is 0 Å². The van der Waals surface area contributed by atoms with Gasteiger partial charge in [0.1, 0.15) is 11.5 Å². The predicted molar refractivity (Wildman–Crippen MR) is 134 cm³/mol. The fourth-order valence-electron chi connectivity index (χ4n) is 5.71. The van der Waals surface area contributed by atoms with Crippen molar-refractivity contribution in [1.29, 1.82) is 0 Å². The van der Waals surface area contributed by atoms with Crippen LogP contribution < -0.4 is 4.74 Å². The molecule has 0 fully saturated rings. The van der Waals surface area contributed by atoms with Gasteiger partial charge in [0.15, 0.2) is 0 Å². The van der Waals surface area contributed by atoms with Gasteiger partial charge in [0.05, 0.1) is 5.41 Å². The van der Waals surface area contributed by atoms with Crippen LogP contribution in [0.25, 0.3) is 22.3 Å². The zero-order valence-electron chi connectivity index (χ0n) is 17.8. The summed E-state index contributed by atoms with van der Waals surface area (Å²) in [6.45, 7) is 0. The Kier molecular flexibility index (Phi) is 3.88. The van der Waals surface area contributed by atoms with Gasteiger partial charge in [-0.05, 0) is 46.0 Å². The molecule has 0 saturated heterocycles. The molecule has 0 saturated carbocycles. The molecule has 33 heavy (non-hydrogen) atoms. The van der Waals surface area contributed by atoms with E-state index in [1.807, 2.05) is 24.3 Å². The van der Waals surface area contributed by atoms with E-state index < -0.39 is 5.41 Å². The first kappa shape index (κ1) is 18.7. The molecule has 0 bridgehead atoms. The number of hydrogen-bond donors (Lipinski definition) is 0. The molecule has 5 aromatic rings. The minimum absolute atomic E-state index is 0.476. The van der Waals surface area contributed by atoms with Crippen LogP contribution in [0.5, 0.6) is 11.5 Å². The fraction of sp³-hybridized carbons (Fsp3) is 0.0323. The lowest BCUT2D eigenvalue weighted by atomic mass is 9.66. The van der Waals surface area contributed by atoms with Crippen molar-refractivity contribution in [2.75, 3.05) is 0 Å². The minimum atomic E-state index is -0.476. The molecule has 0 aromatic heterocycles. The third-order valence-electron chi connectivity index (χ3n) is 7.02. The Morgan fingerprint density at radius 3 is 1.76 bits per heavy atom. The zero-order valence-corrected chi connectivity index (χ0v) is 18.5. The lowest BCUT2D eigenvalue weighted by Crippen LogP contribution is -2.32. The first-order valence-electron chi connectivity index (χ1n) is 11.1. The Balaban J connectivity index is 1.62. The van der Waals surface area contributed by atoms with Gasteiger partial charge in [0.2, 0.25) is 0 Å². The van der Waals surface area contributed by atoms with Gasteiger partial charge in [0, 0.05) is 21.7 Å². The molecular weight excluding hydrogens is 424 g/mol. The molecule has 1 aliphatic heterocycles. The fourth-order valence-corrected chi connectivity index (χ4v) is 5.99. The molecule has 2 heteroatoms. The summed E-state index contributed by atoms with van der Waals surface area (Å²) in [7, 11) is 0. The maximum absolute atomic E-state index is 6.98. The summed E-state index contributed by atoms with van der Waals surface area (Å²) in [6, 6.07) is 40.3. The van der Waals surface area contributed by atoms with Crippen molar-refractivity contribution in [2.24, 2.45) is 0 Å². The van der Waals surface area contributed by atoms with Gasteiger partial charge in [-0.25, -0.2) is 0 Å². The quantitative estimate of drug-likeness (QED) is 0.247. The van der Waals surface area contributed by atoms with Crippen LogP contribution in [0.15, 0.2) is 115 Å². The maximum atomic E-state index is 6.98. The monoisotopic (exact) mass is 442 g/mol. The summed E-state index contributed by atoms with van der Waals surface area (Å²) in [5, 5.41) is 0.726. The van der Waals surface area contributed by atoms with Crippen LogP contribution in [-0.4, -0.2) is 0 Å². The molecule has 7 rings (SSSR count). The number of ether oxygens (including phenoxy) is 1. The molecule has 0 N–H and O–H groups in total. The summed E-state index contributed by atoms with van der Waals surface area (Å²) >= 11 is 6.98. The Bertz CT molecular complexity index is 1510. The highest BCUT2D eigenvalue weighted by Crippen LogP contribution is 2.62. The maximum Gasteiger partial charge on any atom is 0.132 e. The summed E-state index contributed by atoms with van der Waals surface area (Å²) < 4.78 is 6.55. The average Bonchev–Trinajstić information content (AvgIpc) is 3.16. The van der Waals surface area contributed by atoms with Crippen molar-refractivity contribution in [3.8, 4) is 33.8 Å². The summed E-state index contributed by atoms with van der Waals surface area (Å²) in [4.78, 5) is 0. The number of rotatable bonds is 1. The molecule has 0 amide bonds. The predicted octanol–water partition coefficient (Wildman–Crippen LogP) is 8.48. The molecule has 0 unspecified atom stereocenters. The second-order valence-electron chi connectivity index (χ2n) is 8.63. The van der Waals surface area contributed by atoms with E-state index in [0.717, 1.165) is 38.8 Å². The summed E-state index contributed by atoms with van der Waals surface area (Å²) in [5.74, 6) is 1.74. The van der Waals surface area contributed by atoms with Crippen LogP contribution in [0, 0.1) is 0 Å². The molecule has 1 spiro atoms. The standard InChI is InChI=1S/C31H19ClO/c32-28-19-27-30(18-23(28)20-10-2-1-3-11-20)33-29-17-9-8-16-26(29)31(27)24-14-6-4-12-21(24)22-13-5-7-15-25(22)31/h1-19H. The highest BCUT2D eigenvalue weighted by molar-refractivity contribution is 6.33. The van der Waals surface area contributed by atoms with Gasteiger partial charge >= 0.3 is 0 Å². The molecular formula is C31H19ClO. The first-order chi connectivity index (χ1) is 16.3. The van der Waals surface area contributed by atoms with E-state index in [-0.39, 0.29) is 0 Å². The van der Waals surface area contributed by atoms with Crippen molar-refractivity contribution in [3.63, 3.8) is 0 Å². The van der Waals surface area contributed by atoms with E-state index in [4.69, 9.17) is 16.3 Å². The molecule has 0 atom stereocenters. The number of benzene rings is 5. The van der Waals surface area contributed by atoms with Crippen molar-refractivity contribution in [3.05, 3.63) is 143 Å².